The van der Waals surface area contributed by atoms with Gasteiger partial charge < -0.3 is 10.5 Å². The van der Waals surface area contributed by atoms with E-state index < -0.39 is 6.04 Å². The van der Waals surface area contributed by atoms with Crippen LogP contribution in [0.4, 0.5) is 0 Å². The zero-order chi connectivity index (χ0) is 9.84. The summed E-state index contributed by atoms with van der Waals surface area (Å²) >= 11 is 3.37. The van der Waals surface area contributed by atoms with Crippen molar-refractivity contribution in [1.29, 1.82) is 0 Å². The molecule has 0 heterocycles. The molecule has 0 radical (unpaired) electrons. The van der Waals surface area contributed by atoms with Gasteiger partial charge in [-0.2, -0.15) is 0 Å². The van der Waals surface area contributed by atoms with Gasteiger partial charge in [-0.25, -0.2) is 0 Å². The SMILES string of the molecule is C#CC(N)c1cc(OC)ccc1Br. The van der Waals surface area contributed by atoms with Crippen molar-refractivity contribution in [2.45, 2.75) is 6.04 Å². The fraction of sp³-hybridized carbons (Fsp3) is 0.200. The summed E-state index contributed by atoms with van der Waals surface area (Å²) in [7, 11) is 1.61. The molecule has 0 fully saturated rings. The van der Waals surface area contributed by atoms with Gasteiger partial charge in [-0.3, -0.25) is 0 Å². The van der Waals surface area contributed by atoms with Crippen LogP contribution in [0.15, 0.2) is 22.7 Å². The lowest BCUT2D eigenvalue weighted by molar-refractivity contribution is 0.414. The van der Waals surface area contributed by atoms with Crippen LogP contribution in [0.25, 0.3) is 0 Å². The quantitative estimate of drug-likeness (QED) is 0.803. The van der Waals surface area contributed by atoms with Crippen molar-refractivity contribution in [2.24, 2.45) is 5.73 Å². The highest BCUT2D eigenvalue weighted by Gasteiger charge is 2.07. The van der Waals surface area contributed by atoms with Crippen LogP contribution >= 0.6 is 15.9 Å². The molecule has 0 aliphatic heterocycles. The van der Waals surface area contributed by atoms with E-state index in [1.54, 1.807) is 7.11 Å². The number of benzene rings is 1. The number of ether oxygens (including phenoxy) is 1. The van der Waals surface area contributed by atoms with Crippen LogP contribution in [0, 0.1) is 12.3 Å². The molecule has 1 aromatic carbocycles. The molecule has 1 aromatic rings. The van der Waals surface area contributed by atoms with E-state index in [4.69, 9.17) is 16.9 Å². The summed E-state index contributed by atoms with van der Waals surface area (Å²) in [6.07, 6.45) is 5.23. The normalized spacial score (nSPS) is 11.8. The number of halogens is 1. The van der Waals surface area contributed by atoms with E-state index in [0.717, 1.165) is 15.8 Å². The van der Waals surface area contributed by atoms with Gasteiger partial charge in [0.1, 0.15) is 5.75 Å². The van der Waals surface area contributed by atoms with Crippen molar-refractivity contribution in [3.63, 3.8) is 0 Å². The van der Waals surface area contributed by atoms with Crippen molar-refractivity contribution in [1.82, 2.24) is 0 Å². The van der Waals surface area contributed by atoms with E-state index in [1.807, 2.05) is 18.2 Å². The Morgan fingerprint density at radius 3 is 2.85 bits per heavy atom. The minimum atomic E-state index is -0.399. The minimum Gasteiger partial charge on any atom is -0.497 e. The second-order valence-electron chi connectivity index (χ2n) is 2.53. The predicted molar refractivity (Wildman–Crippen MR) is 56.5 cm³/mol. The molecule has 0 aliphatic carbocycles. The molecule has 68 valence electrons. The van der Waals surface area contributed by atoms with Gasteiger partial charge in [-0.05, 0) is 23.8 Å². The molecule has 0 aliphatic rings. The average Bonchev–Trinajstić information content (AvgIpc) is 2.17. The minimum absolute atomic E-state index is 0.399. The molecule has 13 heavy (non-hydrogen) atoms. The van der Waals surface area contributed by atoms with Crippen molar-refractivity contribution in [2.75, 3.05) is 7.11 Å². The third-order valence-corrected chi connectivity index (χ3v) is 2.44. The van der Waals surface area contributed by atoms with E-state index in [-0.39, 0.29) is 0 Å². The third kappa shape index (κ3) is 2.24. The Kier molecular flexibility index (Phi) is 3.35. The summed E-state index contributed by atoms with van der Waals surface area (Å²) in [5.41, 5.74) is 6.56. The lowest BCUT2D eigenvalue weighted by Crippen LogP contribution is -2.08. The van der Waals surface area contributed by atoms with E-state index in [9.17, 15) is 0 Å². The van der Waals surface area contributed by atoms with Crippen LogP contribution in [0.2, 0.25) is 0 Å². The van der Waals surface area contributed by atoms with E-state index in [1.165, 1.54) is 0 Å². The molecule has 0 spiro atoms. The van der Waals surface area contributed by atoms with Crippen molar-refractivity contribution in [3.8, 4) is 18.1 Å². The Hall–Kier alpha value is -0.980. The first-order valence-electron chi connectivity index (χ1n) is 3.74. The molecule has 1 unspecified atom stereocenters. The lowest BCUT2D eigenvalue weighted by Gasteiger charge is -2.09. The van der Waals surface area contributed by atoms with Gasteiger partial charge in [0.15, 0.2) is 0 Å². The summed E-state index contributed by atoms with van der Waals surface area (Å²) in [5, 5.41) is 0. The van der Waals surface area contributed by atoms with Gasteiger partial charge in [0, 0.05) is 4.47 Å². The number of rotatable bonds is 2. The molecule has 1 atom stereocenters. The monoisotopic (exact) mass is 239 g/mol. The number of hydrogen-bond donors (Lipinski definition) is 1. The third-order valence-electron chi connectivity index (χ3n) is 1.72. The van der Waals surface area contributed by atoms with Gasteiger partial charge in [0.2, 0.25) is 0 Å². The zero-order valence-corrected chi connectivity index (χ0v) is 8.84. The van der Waals surface area contributed by atoms with Gasteiger partial charge in [0.25, 0.3) is 0 Å². The van der Waals surface area contributed by atoms with Gasteiger partial charge in [-0.1, -0.05) is 21.9 Å². The highest BCUT2D eigenvalue weighted by molar-refractivity contribution is 9.10. The summed E-state index contributed by atoms with van der Waals surface area (Å²) in [6, 6.07) is 5.14. The van der Waals surface area contributed by atoms with Crippen LogP contribution in [-0.4, -0.2) is 7.11 Å². The molecular formula is C10H10BrNO. The highest BCUT2D eigenvalue weighted by atomic mass is 79.9. The van der Waals surface area contributed by atoms with Crippen LogP contribution < -0.4 is 10.5 Å². The summed E-state index contributed by atoms with van der Waals surface area (Å²) in [5.74, 6) is 3.22. The Morgan fingerprint density at radius 1 is 1.62 bits per heavy atom. The van der Waals surface area contributed by atoms with Crippen molar-refractivity contribution >= 4 is 15.9 Å². The second kappa shape index (κ2) is 4.31. The van der Waals surface area contributed by atoms with Gasteiger partial charge in [0.05, 0.1) is 13.2 Å². The Bertz CT molecular complexity index is 343. The number of terminal acetylenes is 1. The molecule has 0 saturated carbocycles. The lowest BCUT2D eigenvalue weighted by atomic mass is 10.1. The summed E-state index contributed by atoms with van der Waals surface area (Å²) in [6.45, 7) is 0. The van der Waals surface area contributed by atoms with Crippen molar-refractivity contribution in [3.05, 3.63) is 28.2 Å². The van der Waals surface area contributed by atoms with Crippen LogP contribution in [0.3, 0.4) is 0 Å². The summed E-state index contributed by atoms with van der Waals surface area (Å²) in [4.78, 5) is 0. The molecule has 2 N–H and O–H groups in total. The first-order valence-corrected chi connectivity index (χ1v) is 4.53. The maximum atomic E-state index is 5.70. The molecule has 0 bridgehead atoms. The fourth-order valence-electron chi connectivity index (χ4n) is 0.977. The van der Waals surface area contributed by atoms with Crippen LogP contribution in [-0.2, 0) is 0 Å². The number of hydrogen-bond acceptors (Lipinski definition) is 2. The van der Waals surface area contributed by atoms with Crippen LogP contribution in [0.5, 0.6) is 5.75 Å². The topological polar surface area (TPSA) is 35.2 Å². The highest BCUT2D eigenvalue weighted by Crippen LogP contribution is 2.26. The Morgan fingerprint density at radius 2 is 2.31 bits per heavy atom. The maximum Gasteiger partial charge on any atom is 0.119 e. The fourth-order valence-corrected chi connectivity index (χ4v) is 1.47. The number of nitrogens with two attached hydrogens (primary N) is 1. The van der Waals surface area contributed by atoms with Gasteiger partial charge in [-0.15, -0.1) is 6.42 Å². The molecule has 0 amide bonds. The molecule has 0 aromatic heterocycles. The first-order chi connectivity index (χ1) is 6.19. The predicted octanol–water partition coefficient (Wildman–Crippen LogP) is 2.09. The average molecular weight is 240 g/mol. The smallest absolute Gasteiger partial charge is 0.119 e. The van der Waals surface area contributed by atoms with E-state index >= 15 is 0 Å². The zero-order valence-electron chi connectivity index (χ0n) is 7.25. The molecule has 2 nitrogen and oxygen atoms in total. The Labute approximate surface area is 86.2 Å². The largest absolute Gasteiger partial charge is 0.497 e. The summed E-state index contributed by atoms with van der Waals surface area (Å²) < 4.78 is 5.96. The van der Waals surface area contributed by atoms with E-state index in [0.29, 0.717) is 0 Å². The molecule has 1 rings (SSSR count). The molecular weight excluding hydrogens is 230 g/mol. The van der Waals surface area contributed by atoms with E-state index in [2.05, 4.69) is 21.9 Å². The molecule has 0 saturated heterocycles. The number of methoxy groups -OCH3 is 1. The van der Waals surface area contributed by atoms with Crippen LogP contribution in [0.1, 0.15) is 11.6 Å². The van der Waals surface area contributed by atoms with Crippen molar-refractivity contribution < 1.29 is 4.74 Å². The molecule has 3 heteroatoms. The Balaban J connectivity index is 3.12. The first kappa shape index (κ1) is 10.1. The maximum absolute atomic E-state index is 5.70. The standard InChI is InChI=1S/C10H10BrNO/c1-3-10(12)8-6-7(13-2)4-5-9(8)11/h1,4-6,10H,12H2,2H3. The van der Waals surface area contributed by atoms with Gasteiger partial charge >= 0.3 is 0 Å². The second-order valence-corrected chi connectivity index (χ2v) is 3.39.